The lowest BCUT2D eigenvalue weighted by atomic mass is 10.0. The molecule has 4 rings (SSSR count). The second kappa shape index (κ2) is 10.2. The summed E-state index contributed by atoms with van der Waals surface area (Å²) in [5.74, 6) is 0.762. The third-order valence-corrected chi connectivity index (χ3v) is 7.52. The fourth-order valence-electron chi connectivity index (χ4n) is 3.87. The van der Waals surface area contributed by atoms with Crippen molar-refractivity contribution in [2.24, 2.45) is 5.92 Å². The summed E-state index contributed by atoms with van der Waals surface area (Å²) in [6, 6.07) is 15.9. The van der Waals surface area contributed by atoms with E-state index in [-0.39, 0.29) is 17.2 Å². The molecule has 3 aromatic rings. The van der Waals surface area contributed by atoms with E-state index >= 15 is 0 Å². The lowest BCUT2D eigenvalue weighted by Gasteiger charge is -2.30. The fourth-order valence-corrected chi connectivity index (χ4v) is 5.47. The molecular formula is C23H28N6O3S. The van der Waals surface area contributed by atoms with E-state index in [0.29, 0.717) is 43.5 Å². The van der Waals surface area contributed by atoms with Gasteiger partial charge in [0.1, 0.15) is 0 Å². The summed E-state index contributed by atoms with van der Waals surface area (Å²) in [6.45, 7) is 3.65. The average molecular weight is 469 g/mol. The highest BCUT2D eigenvalue weighted by Gasteiger charge is 2.28. The molecule has 0 spiro atoms. The number of carbonyl (C=O) groups is 1. The second-order valence-electron chi connectivity index (χ2n) is 8.36. The number of anilines is 1. The van der Waals surface area contributed by atoms with Gasteiger partial charge in [0.05, 0.1) is 11.4 Å². The molecule has 0 aliphatic carbocycles. The normalized spacial score (nSPS) is 17.1. The van der Waals surface area contributed by atoms with Crippen LogP contribution in [0.1, 0.15) is 32.6 Å². The average Bonchev–Trinajstić information content (AvgIpc) is 3.29. The third-order valence-electron chi connectivity index (χ3n) is 5.64. The zero-order valence-corrected chi connectivity index (χ0v) is 19.4. The largest absolute Gasteiger partial charge is 0.326 e. The Balaban J connectivity index is 1.26. The predicted molar refractivity (Wildman–Crippen MR) is 125 cm³/mol. The van der Waals surface area contributed by atoms with Crippen molar-refractivity contribution in [3.63, 3.8) is 0 Å². The number of hydrogen-bond donors (Lipinski definition) is 1. The van der Waals surface area contributed by atoms with Gasteiger partial charge in [-0.1, -0.05) is 37.3 Å². The van der Waals surface area contributed by atoms with Gasteiger partial charge in [-0.25, -0.2) is 8.42 Å². The molecule has 174 valence electrons. The quantitative estimate of drug-likeness (QED) is 0.544. The van der Waals surface area contributed by atoms with Gasteiger partial charge in [0, 0.05) is 30.8 Å². The van der Waals surface area contributed by atoms with Crippen molar-refractivity contribution in [2.45, 2.75) is 44.0 Å². The van der Waals surface area contributed by atoms with Crippen molar-refractivity contribution < 1.29 is 13.2 Å². The molecule has 2 heterocycles. The van der Waals surface area contributed by atoms with Crippen molar-refractivity contribution in [3.05, 3.63) is 54.6 Å². The van der Waals surface area contributed by atoms with E-state index in [0.717, 1.165) is 18.4 Å². The second-order valence-corrected chi connectivity index (χ2v) is 10.3. The van der Waals surface area contributed by atoms with Crippen LogP contribution in [0.15, 0.2) is 59.5 Å². The van der Waals surface area contributed by atoms with E-state index in [1.165, 1.54) is 4.80 Å². The molecule has 33 heavy (non-hydrogen) atoms. The van der Waals surface area contributed by atoms with Crippen LogP contribution in [0.4, 0.5) is 5.69 Å². The molecule has 1 fully saturated rings. The molecule has 1 N–H and O–H groups in total. The molecule has 1 amide bonds. The zero-order valence-electron chi connectivity index (χ0n) is 18.6. The minimum Gasteiger partial charge on any atom is -0.326 e. The smallest absolute Gasteiger partial charge is 0.243 e. The number of benzene rings is 2. The number of carbonyl (C=O) groups excluding carboxylic acids is 1. The van der Waals surface area contributed by atoms with E-state index in [2.05, 4.69) is 27.7 Å². The van der Waals surface area contributed by atoms with Crippen molar-refractivity contribution >= 4 is 21.6 Å². The zero-order chi connectivity index (χ0) is 23.3. The Bertz CT molecular complexity index is 1180. The Hall–Kier alpha value is -3.11. The van der Waals surface area contributed by atoms with Gasteiger partial charge in [-0.15, -0.1) is 10.2 Å². The van der Waals surface area contributed by atoms with E-state index in [1.807, 2.05) is 30.3 Å². The number of rotatable bonds is 8. The van der Waals surface area contributed by atoms with Gasteiger partial charge >= 0.3 is 0 Å². The van der Waals surface area contributed by atoms with Gasteiger partial charge < -0.3 is 5.32 Å². The van der Waals surface area contributed by atoms with Crippen LogP contribution in [-0.4, -0.2) is 51.9 Å². The Kier molecular flexibility index (Phi) is 7.14. The van der Waals surface area contributed by atoms with E-state index < -0.39 is 10.0 Å². The molecule has 0 radical (unpaired) electrons. The van der Waals surface area contributed by atoms with Crippen molar-refractivity contribution in [2.75, 3.05) is 18.4 Å². The molecule has 1 aliphatic rings. The van der Waals surface area contributed by atoms with Crippen molar-refractivity contribution in [3.8, 4) is 11.4 Å². The molecule has 10 heteroatoms. The molecule has 1 unspecified atom stereocenters. The van der Waals surface area contributed by atoms with Gasteiger partial charge in [0.25, 0.3) is 0 Å². The molecule has 0 bridgehead atoms. The van der Waals surface area contributed by atoms with Crippen LogP contribution in [-0.2, 0) is 21.4 Å². The summed E-state index contributed by atoms with van der Waals surface area (Å²) >= 11 is 0. The first-order chi connectivity index (χ1) is 15.9. The number of amides is 1. The number of aromatic nitrogens is 4. The first-order valence-corrected chi connectivity index (χ1v) is 12.6. The maximum atomic E-state index is 12.9. The highest BCUT2D eigenvalue weighted by atomic mass is 32.2. The Morgan fingerprint density at radius 3 is 2.61 bits per heavy atom. The summed E-state index contributed by atoms with van der Waals surface area (Å²) in [7, 11) is -3.51. The molecule has 9 nitrogen and oxygen atoms in total. The standard InChI is InChI=1S/C23H28N6O3S/c1-18-7-5-15-28(17-18)33(31,32)21-13-11-20(12-14-21)24-22(30)10-6-16-29-26-23(25-27-29)19-8-3-2-4-9-19/h2-4,8-9,11-14,18H,5-7,10,15-17H2,1H3,(H,24,30). The predicted octanol–water partition coefficient (Wildman–Crippen LogP) is 3.18. The highest BCUT2D eigenvalue weighted by Crippen LogP contribution is 2.24. The molecule has 1 aliphatic heterocycles. The first kappa shape index (κ1) is 23.1. The molecule has 1 saturated heterocycles. The van der Waals surface area contributed by atoms with Gasteiger partial charge in [0.15, 0.2) is 0 Å². The number of aryl methyl sites for hydroxylation is 1. The van der Waals surface area contributed by atoms with Crippen LogP contribution in [0.2, 0.25) is 0 Å². The number of nitrogens with zero attached hydrogens (tertiary/aromatic N) is 5. The van der Waals surface area contributed by atoms with Crippen LogP contribution in [0.5, 0.6) is 0 Å². The lowest BCUT2D eigenvalue weighted by Crippen LogP contribution is -2.39. The third kappa shape index (κ3) is 5.82. The summed E-state index contributed by atoms with van der Waals surface area (Å²) in [4.78, 5) is 14.0. The maximum absolute atomic E-state index is 12.9. The summed E-state index contributed by atoms with van der Waals surface area (Å²) in [5, 5.41) is 15.2. The SMILES string of the molecule is CC1CCCN(S(=O)(=O)c2ccc(NC(=O)CCCn3nnc(-c4ccccc4)n3)cc2)C1. The Morgan fingerprint density at radius 1 is 1.12 bits per heavy atom. The van der Waals surface area contributed by atoms with Crippen LogP contribution in [0.3, 0.4) is 0 Å². The van der Waals surface area contributed by atoms with Crippen LogP contribution >= 0.6 is 0 Å². The van der Waals surface area contributed by atoms with Gasteiger partial charge in [-0.2, -0.15) is 9.10 Å². The molecular weight excluding hydrogens is 440 g/mol. The van der Waals surface area contributed by atoms with Gasteiger partial charge in [-0.05, 0) is 54.7 Å². The topological polar surface area (TPSA) is 110 Å². The molecule has 2 aromatic carbocycles. The highest BCUT2D eigenvalue weighted by molar-refractivity contribution is 7.89. The summed E-state index contributed by atoms with van der Waals surface area (Å²) in [6.07, 6.45) is 2.77. The maximum Gasteiger partial charge on any atom is 0.243 e. The number of tetrazole rings is 1. The number of nitrogens with one attached hydrogen (secondary N) is 1. The minimum atomic E-state index is -3.51. The number of sulfonamides is 1. The minimum absolute atomic E-state index is 0.154. The summed E-state index contributed by atoms with van der Waals surface area (Å²) < 4.78 is 27.3. The van der Waals surface area contributed by atoms with E-state index in [9.17, 15) is 13.2 Å². The number of piperidine rings is 1. The molecule has 1 atom stereocenters. The van der Waals surface area contributed by atoms with E-state index in [4.69, 9.17) is 0 Å². The molecule has 1 aromatic heterocycles. The van der Waals surface area contributed by atoms with Crippen molar-refractivity contribution in [1.82, 2.24) is 24.5 Å². The van der Waals surface area contributed by atoms with Crippen LogP contribution in [0.25, 0.3) is 11.4 Å². The monoisotopic (exact) mass is 468 g/mol. The lowest BCUT2D eigenvalue weighted by molar-refractivity contribution is -0.116. The Morgan fingerprint density at radius 2 is 1.88 bits per heavy atom. The van der Waals surface area contributed by atoms with Gasteiger partial charge in [-0.3, -0.25) is 4.79 Å². The summed E-state index contributed by atoms with van der Waals surface area (Å²) in [5.41, 5.74) is 1.46. The first-order valence-electron chi connectivity index (χ1n) is 11.1. The van der Waals surface area contributed by atoms with E-state index in [1.54, 1.807) is 28.6 Å². The van der Waals surface area contributed by atoms with Crippen LogP contribution < -0.4 is 5.32 Å². The molecule has 0 saturated carbocycles. The van der Waals surface area contributed by atoms with Crippen molar-refractivity contribution in [1.29, 1.82) is 0 Å². The van der Waals surface area contributed by atoms with Crippen LogP contribution in [0, 0.1) is 5.92 Å². The van der Waals surface area contributed by atoms with Gasteiger partial charge in [0.2, 0.25) is 21.8 Å². The number of hydrogen-bond acceptors (Lipinski definition) is 6. The Labute approximate surface area is 193 Å². The fraction of sp³-hybridized carbons (Fsp3) is 0.391.